The Balaban J connectivity index is 1.41. The van der Waals surface area contributed by atoms with E-state index < -0.39 is 17.6 Å². The molecule has 43 heavy (non-hydrogen) atoms. The molecule has 0 atom stereocenters. The molecule has 4 aromatic rings. The zero-order valence-corrected chi connectivity index (χ0v) is 24.7. The average Bonchev–Trinajstić information content (AvgIpc) is 2.99. The van der Waals surface area contributed by atoms with Gasteiger partial charge >= 0.3 is 6.18 Å². The van der Waals surface area contributed by atoms with Crippen molar-refractivity contribution in [2.24, 2.45) is 7.05 Å². The molecule has 226 valence electrons. The fraction of sp³-hybridized carbons (Fsp3) is 0.344. The van der Waals surface area contributed by atoms with E-state index in [1.54, 1.807) is 55.2 Å². The maximum Gasteiger partial charge on any atom is 0.416 e. The predicted octanol–water partition coefficient (Wildman–Crippen LogP) is 5.36. The molecule has 1 aliphatic rings. The summed E-state index contributed by atoms with van der Waals surface area (Å²) in [5, 5.41) is 6.45. The van der Waals surface area contributed by atoms with Gasteiger partial charge in [-0.25, -0.2) is 4.98 Å². The van der Waals surface area contributed by atoms with Gasteiger partial charge in [-0.2, -0.15) is 13.2 Å². The van der Waals surface area contributed by atoms with Gasteiger partial charge in [0.1, 0.15) is 5.82 Å². The number of nitrogens with zero attached hydrogens (tertiary/aromatic N) is 4. The average molecular weight is 593 g/mol. The Bertz CT molecular complexity index is 1730. The number of carbonyl (C=O) groups excluding carboxylic acids is 1. The number of carbonyl (C=O) groups is 1. The van der Waals surface area contributed by atoms with Crippen molar-refractivity contribution in [3.8, 4) is 11.1 Å². The molecular weight excluding hydrogens is 557 g/mol. The third kappa shape index (κ3) is 6.42. The number of hydrogen-bond donors (Lipinski definition) is 2. The number of amides is 1. The maximum absolute atomic E-state index is 14.1. The van der Waals surface area contributed by atoms with E-state index in [0.29, 0.717) is 41.2 Å². The molecule has 0 unspecified atom stereocenters. The van der Waals surface area contributed by atoms with Crippen LogP contribution in [0.1, 0.15) is 34.0 Å². The molecule has 8 nitrogen and oxygen atoms in total. The highest BCUT2D eigenvalue weighted by Gasteiger charge is 2.34. The van der Waals surface area contributed by atoms with Gasteiger partial charge in [-0.15, -0.1) is 0 Å². The molecule has 1 saturated heterocycles. The zero-order chi connectivity index (χ0) is 30.9. The molecule has 0 aliphatic carbocycles. The van der Waals surface area contributed by atoms with Crippen LogP contribution in [0.3, 0.4) is 0 Å². The van der Waals surface area contributed by atoms with Crippen LogP contribution in [-0.2, 0) is 19.8 Å². The molecule has 1 aliphatic heterocycles. The van der Waals surface area contributed by atoms with Crippen LogP contribution in [0.15, 0.2) is 59.5 Å². The van der Waals surface area contributed by atoms with E-state index in [0.717, 1.165) is 36.7 Å². The standard InChI is InChI=1S/C32H35F3N6O2/c1-5-40-10-12-41(13-11-40)19-22-8-7-21(15-27(22)32(33,34)35)30(42)38-24-9-6-20(2)25(16-24)26-14-23-18-37-29(36-3)17-28(23)39(4)31(26)43/h6-9,14-18H,5,10-13,19H2,1-4H3,(H,36,37)(H,38,42). The summed E-state index contributed by atoms with van der Waals surface area (Å²) in [5.41, 5.74) is 1.92. The number of likely N-dealkylation sites (N-methyl/N-ethyl adjacent to an activating group) is 1. The van der Waals surface area contributed by atoms with Crippen LogP contribution in [-0.4, -0.2) is 65.0 Å². The number of hydrogen-bond acceptors (Lipinski definition) is 6. The maximum atomic E-state index is 14.1. The smallest absolute Gasteiger partial charge is 0.373 e. The second kappa shape index (κ2) is 12.2. The van der Waals surface area contributed by atoms with Crippen LogP contribution in [0.25, 0.3) is 22.0 Å². The monoisotopic (exact) mass is 592 g/mol. The lowest BCUT2D eigenvalue weighted by Crippen LogP contribution is -2.45. The Morgan fingerprint density at radius 2 is 1.70 bits per heavy atom. The number of alkyl halides is 3. The summed E-state index contributed by atoms with van der Waals surface area (Å²) < 4.78 is 43.8. The minimum absolute atomic E-state index is 0.0953. The molecule has 2 aromatic carbocycles. The van der Waals surface area contributed by atoms with Crippen LogP contribution in [0.2, 0.25) is 0 Å². The fourth-order valence-corrected chi connectivity index (χ4v) is 5.51. The Hall–Kier alpha value is -4.22. The summed E-state index contributed by atoms with van der Waals surface area (Å²) in [6.45, 7) is 8.02. The molecule has 2 N–H and O–H groups in total. The molecule has 0 spiro atoms. The van der Waals surface area contributed by atoms with Crippen LogP contribution in [0.5, 0.6) is 0 Å². The van der Waals surface area contributed by atoms with Crippen LogP contribution in [0.4, 0.5) is 24.7 Å². The van der Waals surface area contributed by atoms with Gasteiger partial charge < -0.3 is 20.1 Å². The van der Waals surface area contributed by atoms with Gasteiger partial charge in [0.2, 0.25) is 0 Å². The lowest BCUT2D eigenvalue weighted by Gasteiger charge is -2.34. The van der Waals surface area contributed by atoms with Gasteiger partial charge in [-0.05, 0) is 60.5 Å². The van der Waals surface area contributed by atoms with Crippen molar-refractivity contribution >= 4 is 28.3 Å². The highest BCUT2D eigenvalue weighted by atomic mass is 19.4. The number of benzene rings is 2. The van der Waals surface area contributed by atoms with Crippen molar-refractivity contribution in [3.05, 3.63) is 87.3 Å². The number of aromatic nitrogens is 2. The van der Waals surface area contributed by atoms with E-state index in [4.69, 9.17) is 0 Å². The lowest BCUT2D eigenvalue weighted by atomic mass is 9.99. The summed E-state index contributed by atoms with van der Waals surface area (Å²) >= 11 is 0. The van der Waals surface area contributed by atoms with Gasteiger partial charge in [-0.3, -0.25) is 14.5 Å². The lowest BCUT2D eigenvalue weighted by molar-refractivity contribution is -0.138. The first-order valence-corrected chi connectivity index (χ1v) is 14.2. The summed E-state index contributed by atoms with van der Waals surface area (Å²) in [6, 6.07) is 12.4. The first-order chi connectivity index (χ1) is 20.5. The molecule has 3 heterocycles. The summed E-state index contributed by atoms with van der Waals surface area (Å²) in [5.74, 6) is -0.0358. The molecule has 0 bridgehead atoms. The number of piperazine rings is 1. The second-order valence-corrected chi connectivity index (χ2v) is 10.9. The van der Waals surface area contributed by atoms with E-state index in [2.05, 4.69) is 27.4 Å². The number of fused-ring (bicyclic) bond motifs is 1. The van der Waals surface area contributed by atoms with Gasteiger partial charge in [0.05, 0.1) is 11.1 Å². The van der Waals surface area contributed by atoms with Gasteiger partial charge in [0, 0.05) is 81.3 Å². The molecule has 0 radical (unpaired) electrons. The zero-order valence-electron chi connectivity index (χ0n) is 24.7. The van der Waals surface area contributed by atoms with E-state index in [-0.39, 0.29) is 23.2 Å². The highest BCUT2D eigenvalue weighted by molar-refractivity contribution is 6.04. The number of anilines is 2. The Morgan fingerprint density at radius 3 is 2.37 bits per heavy atom. The largest absolute Gasteiger partial charge is 0.416 e. The molecule has 11 heteroatoms. The summed E-state index contributed by atoms with van der Waals surface area (Å²) in [7, 11) is 3.43. The SMILES string of the molecule is CCN1CCN(Cc2ccc(C(=O)Nc3ccc(C)c(-c4cc5cnc(NC)cc5n(C)c4=O)c3)cc2C(F)(F)F)CC1. The third-order valence-electron chi connectivity index (χ3n) is 8.13. The number of halogens is 3. The predicted molar refractivity (Wildman–Crippen MR) is 163 cm³/mol. The molecule has 1 fully saturated rings. The Kier molecular flexibility index (Phi) is 8.57. The Labute approximate surface area is 248 Å². The van der Waals surface area contributed by atoms with Gasteiger partial charge in [0.15, 0.2) is 0 Å². The Morgan fingerprint density at radius 1 is 0.977 bits per heavy atom. The first kappa shape index (κ1) is 30.2. The number of aryl methyl sites for hydroxylation is 2. The van der Waals surface area contributed by atoms with Crippen molar-refractivity contribution < 1.29 is 18.0 Å². The van der Waals surface area contributed by atoms with Crippen LogP contribution >= 0.6 is 0 Å². The van der Waals surface area contributed by atoms with E-state index >= 15 is 0 Å². The topological polar surface area (TPSA) is 82.5 Å². The third-order valence-corrected chi connectivity index (χ3v) is 8.13. The summed E-state index contributed by atoms with van der Waals surface area (Å²) in [6.07, 6.45) is -2.93. The second-order valence-electron chi connectivity index (χ2n) is 10.9. The van der Waals surface area contributed by atoms with Crippen molar-refractivity contribution in [2.45, 2.75) is 26.6 Å². The quantitative estimate of drug-likeness (QED) is 0.301. The molecule has 0 saturated carbocycles. The van der Waals surface area contributed by atoms with Crippen molar-refractivity contribution in [1.82, 2.24) is 19.4 Å². The molecule has 2 aromatic heterocycles. The number of rotatable bonds is 7. The first-order valence-electron chi connectivity index (χ1n) is 14.2. The van der Waals surface area contributed by atoms with Crippen molar-refractivity contribution in [3.63, 3.8) is 0 Å². The van der Waals surface area contributed by atoms with Gasteiger partial charge in [-0.1, -0.05) is 19.1 Å². The van der Waals surface area contributed by atoms with Crippen molar-refractivity contribution in [1.29, 1.82) is 0 Å². The van der Waals surface area contributed by atoms with E-state index in [1.807, 2.05) is 11.8 Å². The van der Waals surface area contributed by atoms with Crippen LogP contribution in [0, 0.1) is 6.92 Å². The fourth-order valence-electron chi connectivity index (χ4n) is 5.51. The van der Waals surface area contributed by atoms with E-state index in [1.165, 1.54) is 12.1 Å². The van der Waals surface area contributed by atoms with Gasteiger partial charge in [0.25, 0.3) is 11.5 Å². The minimum Gasteiger partial charge on any atom is -0.373 e. The number of nitrogens with one attached hydrogen (secondary N) is 2. The molecular formula is C32H35F3N6O2. The van der Waals surface area contributed by atoms with E-state index in [9.17, 15) is 22.8 Å². The minimum atomic E-state index is -4.60. The molecule has 1 amide bonds. The number of pyridine rings is 2. The van der Waals surface area contributed by atoms with Crippen molar-refractivity contribution in [2.75, 3.05) is 50.4 Å². The molecule has 5 rings (SSSR count). The highest BCUT2D eigenvalue weighted by Crippen LogP contribution is 2.34. The summed E-state index contributed by atoms with van der Waals surface area (Å²) in [4.78, 5) is 35.1. The normalized spacial score (nSPS) is 14.7. The van der Waals surface area contributed by atoms with Crippen LogP contribution < -0.4 is 16.2 Å².